The van der Waals surface area contributed by atoms with Gasteiger partial charge < -0.3 is 10.3 Å². The van der Waals surface area contributed by atoms with Crippen molar-refractivity contribution in [3.63, 3.8) is 0 Å². The molecule has 0 aliphatic carbocycles. The number of aryl methyl sites for hydroxylation is 1. The Bertz CT molecular complexity index is 880. The fourth-order valence-electron chi connectivity index (χ4n) is 2.68. The zero-order valence-corrected chi connectivity index (χ0v) is 13.7. The molecule has 23 heavy (non-hydrogen) atoms. The molecule has 0 aliphatic rings. The van der Waals surface area contributed by atoms with Gasteiger partial charge in [0, 0.05) is 29.2 Å². The van der Waals surface area contributed by atoms with Crippen LogP contribution in [0.5, 0.6) is 0 Å². The van der Waals surface area contributed by atoms with Crippen LogP contribution in [0.3, 0.4) is 0 Å². The molecule has 0 radical (unpaired) electrons. The molecule has 3 aromatic rings. The largest absolute Gasteiger partial charge is 0.375 e. The van der Waals surface area contributed by atoms with Gasteiger partial charge in [-0.3, -0.25) is 5.43 Å². The lowest BCUT2D eigenvalue weighted by molar-refractivity contribution is 0.835. The van der Waals surface area contributed by atoms with Gasteiger partial charge in [-0.1, -0.05) is 48.0 Å². The number of benzene rings is 2. The molecule has 5 heteroatoms. The molecular formula is C18H18N4S. The Labute approximate surface area is 140 Å². The maximum atomic E-state index is 5.39. The standard InChI is InChI=1S/C18H18N4S/c1-13-5-4-6-14(9-13)11-22-12-15(10-20-21-18(19)23)16-7-2-3-8-17(16)22/h2-10,12H,11H2,1H3,(H3,19,21,23)/b20-10-. The highest BCUT2D eigenvalue weighted by atomic mass is 32.1. The van der Waals surface area contributed by atoms with Gasteiger partial charge in [-0.2, -0.15) is 5.10 Å². The first-order valence-electron chi connectivity index (χ1n) is 7.35. The van der Waals surface area contributed by atoms with E-state index in [1.54, 1.807) is 6.21 Å². The summed E-state index contributed by atoms with van der Waals surface area (Å²) in [6.07, 6.45) is 3.84. The number of rotatable bonds is 4. The average Bonchev–Trinajstić information content (AvgIpc) is 2.85. The Hall–Kier alpha value is -2.66. The van der Waals surface area contributed by atoms with E-state index in [2.05, 4.69) is 64.6 Å². The molecule has 3 rings (SSSR count). The van der Waals surface area contributed by atoms with Crippen molar-refractivity contribution in [2.75, 3.05) is 0 Å². The summed E-state index contributed by atoms with van der Waals surface area (Å²) in [5.41, 5.74) is 12.7. The van der Waals surface area contributed by atoms with Gasteiger partial charge in [0.25, 0.3) is 0 Å². The third kappa shape index (κ3) is 3.57. The minimum atomic E-state index is 0.157. The fourth-order valence-corrected chi connectivity index (χ4v) is 2.73. The van der Waals surface area contributed by atoms with Crippen LogP contribution in [0, 0.1) is 6.92 Å². The van der Waals surface area contributed by atoms with Crippen LogP contribution in [0.4, 0.5) is 0 Å². The van der Waals surface area contributed by atoms with Crippen LogP contribution in [0.15, 0.2) is 59.8 Å². The molecular weight excluding hydrogens is 304 g/mol. The number of hydrazone groups is 1. The van der Waals surface area contributed by atoms with Crippen LogP contribution in [0.25, 0.3) is 10.9 Å². The molecule has 3 N–H and O–H groups in total. The first-order chi connectivity index (χ1) is 11.1. The lowest BCUT2D eigenvalue weighted by Gasteiger charge is -2.06. The monoisotopic (exact) mass is 322 g/mol. The second kappa shape index (κ2) is 6.62. The van der Waals surface area contributed by atoms with Crippen molar-refractivity contribution in [2.24, 2.45) is 10.8 Å². The molecule has 1 heterocycles. The molecule has 0 atom stereocenters. The third-order valence-corrected chi connectivity index (χ3v) is 3.72. The summed E-state index contributed by atoms with van der Waals surface area (Å²) in [6, 6.07) is 16.8. The highest BCUT2D eigenvalue weighted by molar-refractivity contribution is 7.80. The van der Waals surface area contributed by atoms with E-state index in [1.165, 1.54) is 16.6 Å². The smallest absolute Gasteiger partial charge is 0.184 e. The third-order valence-electron chi connectivity index (χ3n) is 3.63. The summed E-state index contributed by atoms with van der Waals surface area (Å²) in [4.78, 5) is 0. The predicted octanol–water partition coefficient (Wildman–Crippen LogP) is 3.17. The minimum absolute atomic E-state index is 0.157. The molecule has 0 saturated carbocycles. The summed E-state index contributed by atoms with van der Waals surface area (Å²) < 4.78 is 2.23. The van der Waals surface area contributed by atoms with E-state index < -0.39 is 0 Å². The topological polar surface area (TPSA) is 55.3 Å². The second-order valence-electron chi connectivity index (χ2n) is 5.45. The first kappa shape index (κ1) is 15.2. The Balaban J connectivity index is 1.97. The summed E-state index contributed by atoms with van der Waals surface area (Å²) in [6.45, 7) is 2.93. The lowest BCUT2D eigenvalue weighted by Crippen LogP contribution is -2.23. The molecule has 0 bridgehead atoms. The number of aromatic nitrogens is 1. The second-order valence-corrected chi connectivity index (χ2v) is 5.89. The van der Waals surface area contributed by atoms with E-state index in [0.717, 1.165) is 17.5 Å². The summed E-state index contributed by atoms with van der Waals surface area (Å²) >= 11 is 4.76. The number of thiocarbonyl (C=S) groups is 1. The van der Waals surface area contributed by atoms with Crippen LogP contribution in [-0.4, -0.2) is 15.9 Å². The van der Waals surface area contributed by atoms with Crippen LogP contribution in [0.1, 0.15) is 16.7 Å². The zero-order valence-electron chi connectivity index (χ0n) is 12.9. The molecule has 4 nitrogen and oxygen atoms in total. The van der Waals surface area contributed by atoms with Crippen LogP contribution >= 0.6 is 12.2 Å². The summed E-state index contributed by atoms with van der Waals surface area (Å²) in [5.74, 6) is 0. The van der Waals surface area contributed by atoms with Crippen LogP contribution < -0.4 is 11.2 Å². The van der Waals surface area contributed by atoms with E-state index in [0.29, 0.717) is 0 Å². The van der Waals surface area contributed by atoms with E-state index in [9.17, 15) is 0 Å². The molecule has 2 aromatic carbocycles. The van der Waals surface area contributed by atoms with Crippen LogP contribution in [-0.2, 0) is 6.54 Å². The summed E-state index contributed by atoms with van der Waals surface area (Å²) in [5, 5.41) is 5.38. The zero-order chi connectivity index (χ0) is 16.2. The van der Waals surface area contributed by atoms with E-state index >= 15 is 0 Å². The van der Waals surface area contributed by atoms with Crippen molar-refractivity contribution < 1.29 is 0 Å². The fraction of sp³-hybridized carbons (Fsp3) is 0.111. The van der Waals surface area contributed by atoms with Gasteiger partial charge in [-0.05, 0) is 30.8 Å². The normalized spacial score (nSPS) is 11.2. The molecule has 0 saturated heterocycles. The lowest BCUT2D eigenvalue weighted by atomic mass is 10.1. The van der Waals surface area contributed by atoms with Crippen molar-refractivity contribution in [2.45, 2.75) is 13.5 Å². The Morgan fingerprint density at radius 1 is 1.26 bits per heavy atom. The van der Waals surface area contributed by atoms with Gasteiger partial charge in [-0.25, -0.2) is 0 Å². The number of nitrogens with zero attached hydrogens (tertiary/aromatic N) is 2. The van der Waals surface area contributed by atoms with Crippen LogP contribution in [0.2, 0.25) is 0 Å². The highest BCUT2D eigenvalue weighted by Gasteiger charge is 2.07. The maximum Gasteiger partial charge on any atom is 0.184 e. The number of nitrogens with one attached hydrogen (secondary N) is 1. The predicted molar refractivity (Wildman–Crippen MR) is 99.7 cm³/mol. The Morgan fingerprint density at radius 3 is 2.87 bits per heavy atom. The van der Waals surface area contributed by atoms with E-state index in [4.69, 9.17) is 18.0 Å². The Kier molecular flexibility index (Phi) is 4.39. The van der Waals surface area contributed by atoms with Crippen molar-refractivity contribution in [1.29, 1.82) is 0 Å². The van der Waals surface area contributed by atoms with E-state index in [-0.39, 0.29) is 5.11 Å². The molecule has 1 aromatic heterocycles. The Morgan fingerprint density at radius 2 is 2.09 bits per heavy atom. The minimum Gasteiger partial charge on any atom is -0.375 e. The molecule has 0 spiro atoms. The van der Waals surface area contributed by atoms with Gasteiger partial charge >= 0.3 is 0 Å². The molecule has 0 fully saturated rings. The molecule has 0 unspecified atom stereocenters. The number of hydrogen-bond acceptors (Lipinski definition) is 2. The summed E-state index contributed by atoms with van der Waals surface area (Å²) in [7, 11) is 0. The molecule has 0 amide bonds. The van der Waals surface area contributed by atoms with Gasteiger partial charge in [-0.15, -0.1) is 0 Å². The van der Waals surface area contributed by atoms with Gasteiger partial charge in [0.15, 0.2) is 5.11 Å². The van der Waals surface area contributed by atoms with Gasteiger partial charge in [0.2, 0.25) is 0 Å². The van der Waals surface area contributed by atoms with Gasteiger partial charge in [0.05, 0.1) is 6.21 Å². The maximum absolute atomic E-state index is 5.39. The SMILES string of the molecule is Cc1cccc(Cn2cc(/C=N\NC(N)=S)c3ccccc32)c1. The van der Waals surface area contributed by atoms with Gasteiger partial charge in [0.1, 0.15) is 0 Å². The average molecular weight is 322 g/mol. The van der Waals surface area contributed by atoms with E-state index in [1.807, 2.05) is 12.1 Å². The highest BCUT2D eigenvalue weighted by Crippen LogP contribution is 2.21. The van der Waals surface area contributed by atoms with Crippen molar-refractivity contribution in [3.05, 3.63) is 71.4 Å². The number of para-hydroxylation sites is 1. The first-order valence-corrected chi connectivity index (χ1v) is 7.76. The number of hydrogen-bond donors (Lipinski definition) is 2. The van der Waals surface area contributed by atoms with Crippen molar-refractivity contribution in [1.82, 2.24) is 9.99 Å². The quantitative estimate of drug-likeness (QED) is 0.441. The van der Waals surface area contributed by atoms with Crippen molar-refractivity contribution >= 4 is 34.4 Å². The number of fused-ring (bicyclic) bond motifs is 1. The molecule has 116 valence electrons. The van der Waals surface area contributed by atoms with Crippen molar-refractivity contribution in [3.8, 4) is 0 Å². The molecule has 0 aliphatic heterocycles. The number of nitrogens with two attached hydrogens (primary N) is 1.